The fourth-order valence-electron chi connectivity index (χ4n) is 2.77. The second-order valence-electron chi connectivity index (χ2n) is 6.59. The third-order valence-electron chi connectivity index (χ3n) is 4.40. The van der Waals surface area contributed by atoms with Gasteiger partial charge in [-0.3, -0.25) is 9.59 Å². The van der Waals surface area contributed by atoms with Gasteiger partial charge in [0, 0.05) is 22.4 Å². The molecular weight excluding hydrogens is 397 g/mol. The van der Waals surface area contributed by atoms with E-state index in [1.165, 1.54) is 42.6 Å². The highest BCUT2D eigenvalue weighted by atomic mass is 19.1. The van der Waals surface area contributed by atoms with E-state index in [4.69, 9.17) is 0 Å². The van der Waals surface area contributed by atoms with Crippen LogP contribution in [-0.2, 0) is 6.42 Å². The summed E-state index contributed by atoms with van der Waals surface area (Å²) in [5.74, 6) is -1.18. The summed E-state index contributed by atoms with van der Waals surface area (Å²) in [6, 6.07) is 16.6. The predicted molar refractivity (Wildman–Crippen MR) is 118 cm³/mol. The average molecular weight is 417 g/mol. The van der Waals surface area contributed by atoms with Gasteiger partial charge >= 0.3 is 0 Å². The van der Waals surface area contributed by atoms with Crippen LogP contribution in [0, 0.1) is 5.82 Å². The van der Waals surface area contributed by atoms with Gasteiger partial charge in [0.15, 0.2) is 0 Å². The number of aromatic hydroxyl groups is 1. The Morgan fingerprint density at radius 3 is 2.29 bits per heavy atom. The number of nitrogens with one attached hydrogen (secondary N) is 2. The van der Waals surface area contributed by atoms with E-state index in [9.17, 15) is 19.1 Å². The lowest BCUT2D eigenvalue weighted by molar-refractivity contribution is 0.0954. The number of phenolic OH excluding ortho intramolecular Hbond substituents is 1. The molecule has 0 heterocycles. The van der Waals surface area contributed by atoms with Gasteiger partial charge in [-0.1, -0.05) is 18.2 Å². The van der Waals surface area contributed by atoms with Gasteiger partial charge in [0.2, 0.25) is 0 Å². The lowest BCUT2D eigenvalue weighted by Gasteiger charge is -2.07. The maximum absolute atomic E-state index is 13.0. The first-order chi connectivity index (χ1) is 15.0. The molecule has 6 nitrogen and oxygen atoms in total. The number of carbonyl (C=O) groups excluding carboxylic acids is 2. The number of hydrazone groups is 1. The maximum Gasteiger partial charge on any atom is 0.271 e. The van der Waals surface area contributed by atoms with Crippen LogP contribution in [0.2, 0.25) is 0 Å². The number of anilines is 1. The Balaban J connectivity index is 1.60. The summed E-state index contributed by atoms with van der Waals surface area (Å²) in [5.41, 5.74) is 4.71. The highest BCUT2D eigenvalue weighted by molar-refractivity contribution is 6.04. The summed E-state index contributed by atoms with van der Waals surface area (Å²) in [5, 5.41) is 16.8. The van der Waals surface area contributed by atoms with Crippen molar-refractivity contribution in [1.29, 1.82) is 0 Å². The molecule has 0 bridgehead atoms. The molecule has 3 N–H and O–H groups in total. The zero-order chi connectivity index (χ0) is 22.2. The van der Waals surface area contributed by atoms with Gasteiger partial charge in [-0.25, -0.2) is 9.82 Å². The molecule has 0 aliphatic carbocycles. The number of amides is 2. The van der Waals surface area contributed by atoms with Crippen molar-refractivity contribution in [3.8, 4) is 5.75 Å². The summed E-state index contributed by atoms with van der Waals surface area (Å²) in [6.45, 7) is 3.65. The summed E-state index contributed by atoms with van der Waals surface area (Å²) >= 11 is 0. The van der Waals surface area contributed by atoms with Gasteiger partial charge in [0.1, 0.15) is 11.6 Å². The number of rotatable bonds is 7. The number of hydrogen-bond donors (Lipinski definition) is 3. The van der Waals surface area contributed by atoms with E-state index in [2.05, 4.69) is 22.4 Å². The van der Waals surface area contributed by atoms with E-state index in [0.29, 0.717) is 34.4 Å². The first kappa shape index (κ1) is 21.4. The second-order valence-corrected chi connectivity index (χ2v) is 6.59. The number of phenols is 1. The van der Waals surface area contributed by atoms with Crippen LogP contribution < -0.4 is 10.7 Å². The molecule has 0 aromatic heterocycles. The third-order valence-corrected chi connectivity index (χ3v) is 4.40. The van der Waals surface area contributed by atoms with Crippen molar-refractivity contribution in [3.05, 3.63) is 107 Å². The molecule has 0 atom stereocenters. The standard InChI is InChI=1S/C24H20FN3O3/c1-2-4-16-5-3-6-19(22(16)29)15-26-28-24(31)18-9-13-21(14-10-18)27-23(30)17-7-11-20(25)12-8-17/h2-3,5-15,29H,1,4H2,(H,27,30)(H,28,31)/b26-15-. The van der Waals surface area contributed by atoms with Crippen LogP contribution in [0.5, 0.6) is 5.75 Å². The zero-order valence-electron chi connectivity index (χ0n) is 16.5. The average Bonchev–Trinajstić information content (AvgIpc) is 2.77. The minimum Gasteiger partial charge on any atom is -0.507 e. The van der Waals surface area contributed by atoms with Gasteiger partial charge in [-0.15, -0.1) is 6.58 Å². The van der Waals surface area contributed by atoms with E-state index in [1.54, 1.807) is 36.4 Å². The number of halogens is 1. The number of hydrogen-bond acceptors (Lipinski definition) is 4. The van der Waals surface area contributed by atoms with Gasteiger partial charge in [0.25, 0.3) is 11.8 Å². The lowest BCUT2D eigenvalue weighted by Crippen LogP contribution is -2.18. The SMILES string of the molecule is C=CCc1cccc(/C=N\NC(=O)c2ccc(NC(=O)c3ccc(F)cc3)cc2)c1O. The van der Waals surface area contributed by atoms with Gasteiger partial charge in [-0.2, -0.15) is 5.10 Å². The minimum absolute atomic E-state index is 0.0849. The molecule has 3 aromatic rings. The van der Waals surface area contributed by atoms with Crippen molar-refractivity contribution in [2.75, 3.05) is 5.32 Å². The van der Waals surface area contributed by atoms with Crippen LogP contribution in [0.25, 0.3) is 0 Å². The van der Waals surface area contributed by atoms with E-state index in [-0.39, 0.29) is 11.7 Å². The minimum atomic E-state index is -0.450. The number of benzene rings is 3. The molecule has 0 spiro atoms. The summed E-state index contributed by atoms with van der Waals surface area (Å²) in [6.07, 6.45) is 3.56. The predicted octanol–water partition coefficient (Wildman–Crippen LogP) is 4.28. The number of allylic oxidation sites excluding steroid dienone is 1. The molecule has 0 unspecified atom stereocenters. The number of para-hydroxylation sites is 1. The van der Waals surface area contributed by atoms with Gasteiger partial charge < -0.3 is 10.4 Å². The first-order valence-corrected chi connectivity index (χ1v) is 9.40. The number of carbonyl (C=O) groups is 2. The molecule has 0 aliphatic heterocycles. The molecule has 0 fully saturated rings. The molecule has 3 aromatic carbocycles. The molecule has 3 rings (SSSR count). The van der Waals surface area contributed by atoms with Crippen molar-refractivity contribution in [3.63, 3.8) is 0 Å². The molecule has 0 saturated carbocycles. The zero-order valence-corrected chi connectivity index (χ0v) is 16.5. The highest BCUT2D eigenvalue weighted by Gasteiger charge is 2.09. The Morgan fingerprint density at radius 2 is 1.61 bits per heavy atom. The quantitative estimate of drug-likeness (QED) is 0.305. The second kappa shape index (κ2) is 9.98. The third kappa shape index (κ3) is 5.63. The van der Waals surface area contributed by atoms with Crippen molar-refractivity contribution in [2.45, 2.75) is 6.42 Å². The highest BCUT2D eigenvalue weighted by Crippen LogP contribution is 2.21. The molecular formula is C24H20FN3O3. The summed E-state index contributed by atoms with van der Waals surface area (Å²) < 4.78 is 13.0. The maximum atomic E-state index is 13.0. The molecule has 7 heteroatoms. The van der Waals surface area contributed by atoms with Crippen LogP contribution in [0.1, 0.15) is 31.8 Å². The Hall–Kier alpha value is -4.26. The van der Waals surface area contributed by atoms with Crippen molar-refractivity contribution >= 4 is 23.7 Å². The smallest absolute Gasteiger partial charge is 0.271 e. The van der Waals surface area contributed by atoms with Crippen LogP contribution in [-0.4, -0.2) is 23.1 Å². The van der Waals surface area contributed by atoms with Crippen molar-refractivity contribution < 1.29 is 19.1 Å². The summed E-state index contributed by atoms with van der Waals surface area (Å²) in [7, 11) is 0. The normalized spacial score (nSPS) is 10.6. The first-order valence-electron chi connectivity index (χ1n) is 9.40. The van der Waals surface area contributed by atoms with Crippen LogP contribution in [0.15, 0.2) is 84.5 Å². The van der Waals surface area contributed by atoms with Gasteiger partial charge in [0.05, 0.1) is 6.21 Å². The lowest BCUT2D eigenvalue weighted by atomic mass is 10.1. The summed E-state index contributed by atoms with van der Waals surface area (Å²) in [4.78, 5) is 24.4. The molecule has 156 valence electrons. The fourth-order valence-corrected chi connectivity index (χ4v) is 2.77. The molecule has 0 aliphatic rings. The van der Waals surface area contributed by atoms with Crippen molar-refractivity contribution in [2.24, 2.45) is 5.10 Å². The van der Waals surface area contributed by atoms with Crippen LogP contribution >= 0.6 is 0 Å². The Kier molecular flexibility index (Phi) is 6.90. The van der Waals surface area contributed by atoms with E-state index in [1.807, 2.05) is 0 Å². The van der Waals surface area contributed by atoms with Crippen molar-refractivity contribution in [1.82, 2.24) is 5.43 Å². The van der Waals surface area contributed by atoms with E-state index >= 15 is 0 Å². The van der Waals surface area contributed by atoms with E-state index in [0.717, 1.165) is 0 Å². The largest absolute Gasteiger partial charge is 0.507 e. The Bertz CT molecular complexity index is 1120. The molecule has 2 amide bonds. The van der Waals surface area contributed by atoms with Crippen LogP contribution in [0.3, 0.4) is 0 Å². The monoisotopic (exact) mass is 417 g/mol. The number of nitrogens with zero attached hydrogens (tertiary/aromatic N) is 1. The topological polar surface area (TPSA) is 90.8 Å². The molecule has 31 heavy (non-hydrogen) atoms. The molecule has 0 saturated heterocycles. The van der Waals surface area contributed by atoms with Gasteiger partial charge in [-0.05, 0) is 66.6 Å². The Morgan fingerprint density at radius 1 is 0.968 bits per heavy atom. The Labute approximate surface area is 178 Å². The van der Waals surface area contributed by atoms with E-state index < -0.39 is 11.7 Å². The fraction of sp³-hybridized carbons (Fsp3) is 0.0417. The van der Waals surface area contributed by atoms with Crippen LogP contribution in [0.4, 0.5) is 10.1 Å². The molecule has 0 radical (unpaired) electrons.